The van der Waals surface area contributed by atoms with Crippen molar-refractivity contribution in [3.8, 4) is 0 Å². The first-order valence-electron chi connectivity index (χ1n) is 5.93. The molecule has 1 aliphatic rings. The van der Waals surface area contributed by atoms with Gasteiger partial charge in [-0.15, -0.1) is 0 Å². The number of amides is 2. The van der Waals surface area contributed by atoms with E-state index in [1.807, 2.05) is 4.90 Å². The summed E-state index contributed by atoms with van der Waals surface area (Å²) in [6.07, 6.45) is 2.50. The average Bonchev–Trinajstić information content (AvgIpc) is 2.57. The van der Waals surface area contributed by atoms with Crippen LogP contribution in [-0.2, 0) is 0 Å². The summed E-state index contributed by atoms with van der Waals surface area (Å²) in [6.45, 7) is 8.94. The van der Waals surface area contributed by atoms with Gasteiger partial charge in [-0.1, -0.05) is 13.8 Å². The minimum absolute atomic E-state index is 0.0824. The number of carbonyl (C=O) groups excluding carboxylic acids is 1. The van der Waals surface area contributed by atoms with Gasteiger partial charge < -0.3 is 15.5 Å². The van der Waals surface area contributed by atoms with E-state index in [4.69, 9.17) is 0 Å². The van der Waals surface area contributed by atoms with Gasteiger partial charge in [-0.2, -0.15) is 0 Å². The summed E-state index contributed by atoms with van der Waals surface area (Å²) >= 11 is 0. The Morgan fingerprint density at radius 3 is 2.87 bits per heavy atom. The summed E-state index contributed by atoms with van der Waals surface area (Å²) in [6, 6.07) is 0.0824. The van der Waals surface area contributed by atoms with Crippen molar-refractivity contribution in [2.75, 3.05) is 32.7 Å². The Labute approximate surface area is 92.4 Å². The number of rotatable bonds is 7. The van der Waals surface area contributed by atoms with Gasteiger partial charge in [0.25, 0.3) is 0 Å². The van der Waals surface area contributed by atoms with Crippen LogP contribution in [0.15, 0.2) is 0 Å². The number of urea groups is 1. The predicted octanol–water partition coefficient (Wildman–Crippen LogP) is 1.04. The molecule has 0 saturated carbocycles. The standard InChI is InChI=1S/C11H23N3O/c1-10(2)4-3-5-12-6-8-14-9-7-13-11(14)15/h10,12H,3-9H2,1-2H3,(H,13,15). The second-order valence-corrected chi connectivity index (χ2v) is 4.51. The Balaban J connectivity index is 1.90. The monoisotopic (exact) mass is 213 g/mol. The van der Waals surface area contributed by atoms with Gasteiger partial charge in [0.2, 0.25) is 0 Å². The summed E-state index contributed by atoms with van der Waals surface area (Å²) in [4.78, 5) is 13.0. The fraction of sp³-hybridized carbons (Fsp3) is 0.909. The molecule has 0 aromatic heterocycles. The van der Waals surface area contributed by atoms with E-state index in [1.54, 1.807) is 0 Å². The molecule has 0 spiro atoms. The third kappa shape index (κ3) is 5.02. The van der Waals surface area contributed by atoms with E-state index in [0.717, 1.165) is 38.6 Å². The molecular formula is C11H23N3O. The first kappa shape index (κ1) is 12.3. The van der Waals surface area contributed by atoms with Crippen LogP contribution in [0.2, 0.25) is 0 Å². The minimum Gasteiger partial charge on any atom is -0.336 e. The molecule has 1 fully saturated rings. The van der Waals surface area contributed by atoms with E-state index in [2.05, 4.69) is 24.5 Å². The Morgan fingerprint density at radius 2 is 2.27 bits per heavy atom. The zero-order valence-electron chi connectivity index (χ0n) is 9.88. The average molecular weight is 213 g/mol. The molecule has 0 bridgehead atoms. The van der Waals surface area contributed by atoms with E-state index in [1.165, 1.54) is 12.8 Å². The van der Waals surface area contributed by atoms with E-state index in [-0.39, 0.29) is 6.03 Å². The molecule has 1 heterocycles. The molecule has 0 aromatic rings. The van der Waals surface area contributed by atoms with Crippen molar-refractivity contribution in [2.24, 2.45) is 5.92 Å². The van der Waals surface area contributed by atoms with Gasteiger partial charge in [0.15, 0.2) is 0 Å². The molecule has 2 N–H and O–H groups in total. The van der Waals surface area contributed by atoms with Crippen LogP contribution in [0.25, 0.3) is 0 Å². The molecule has 0 radical (unpaired) electrons. The first-order chi connectivity index (χ1) is 7.20. The highest BCUT2D eigenvalue weighted by atomic mass is 16.2. The zero-order valence-corrected chi connectivity index (χ0v) is 9.88. The van der Waals surface area contributed by atoms with E-state index in [0.29, 0.717) is 0 Å². The van der Waals surface area contributed by atoms with Gasteiger partial charge in [0.05, 0.1) is 0 Å². The number of hydrogen-bond donors (Lipinski definition) is 2. The Bertz CT molecular complexity index is 194. The summed E-state index contributed by atoms with van der Waals surface area (Å²) in [5.41, 5.74) is 0. The maximum atomic E-state index is 11.2. The van der Waals surface area contributed by atoms with Gasteiger partial charge in [-0.05, 0) is 25.3 Å². The molecular weight excluding hydrogens is 190 g/mol. The van der Waals surface area contributed by atoms with E-state index in [9.17, 15) is 4.79 Å². The summed E-state index contributed by atoms with van der Waals surface area (Å²) < 4.78 is 0. The van der Waals surface area contributed by atoms with Crippen LogP contribution >= 0.6 is 0 Å². The summed E-state index contributed by atoms with van der Waals surface area (Å²) in [5, 5.41) is 6.16. The van der Waals surface area contributed by atoms with Crippen LogP contribution in [0.5, 0.6) is 0 Å². The molecule has 4 heteroatoms. The minimum atomic E-state index is 0.0824. The van der Waals surface area contributed by atoms with Crippen LogP contribution in [-0.4, -0.2) is 43.7 Å². The molecule has 0 aromatic carbocycles. The summed E-state index contributed by atoms with van der Waals surface area (Å²) in [5.74, 6) is 0.788. The maximum absolute atomic E-state index is 11.2. The van der Waals surface area contributed by atoms with E-state index >= 15 is 0 Å². The largest absolute Gasteiger partial charge is 0.336 e. The fourth-order valence-corrected chi connectivity index (χ4v) is 1.70. The van der Waals surface area contributed by atoms with Gasteiger partial charge in [0, 0.05) is 26.2 Å². The van der Waals surface area contributed by atoms with E-state index < -0.39 is 0 Å². The van der Waals surface area contributed by atoms with Crippen LogP contribution in [0.1, 0.15) is 26.7 Å². The number of hydrogen-bond acceptors (Lipinski definition) is 2. The number of nitrogens with zero attached hydrogens (tertiary/aromatic N) is 1. The molecule has 1 rings (SSSR count). The third-order valence-electron chi connectivity index (χ3n) is 2.64. The normalized spacial score (nSPS) is 16.2. The quantitative estimate of drug-likeness (QED) is 0.621. The smallest absolute Gasteiger partial charge is 0.317 e. The maximum Gasteiger partial charge on any atom is 0.317 e. The molecule has 2 amide bonds. The van der Waals surface area contributed by atoms with Crippen molar-refractivity contribution in [1.82, 2.24) is 15.5 Å². The summed E-state index contributed by atoms with van der Waals surface area (Å²) in [7, 11) is 0. The van der Waals surface area contributed by atoms with Crippen molar-refractivity contribution in [2.45, 2.75) is 26.7 Å². The fourth-order valence-electron chi connectivity index (χ4n) is 1.70. The van der Waals surface area contributed by atoms with Crippen LogP contribution in [0, 0.1) is 5.92 Å². The van der Waals surface area contributed by atoms with Gasteiger partial charge in [0.1, 0.15) is 0 Å². The van der Waals surface area contributed by atoms with Crippen molar-refractivity contribution in [3.05, 3.63) is 0 Å². The van der Waals surface area contributed by atoms with Crippen LogP contribution < -0.4 is 10.6 Å². The van der Waals surface area contributed by atoms with Crippen molar-refractivity contribution >= 4 is 6.03 Å². The Hall–Kier alpha value is -0.770. The van der Waals surface area contributed by atoms with Gasteiger partial charge >= 0.3 is 6.03 Å². The Morgan fingerprint density at radius 1 is 1.47 bits per heavy atom. The van der Waals surface area contributed by atoms with Crippen molar-refractivity contribution in [3.63, 3.8) is 0 Å². The zero-order chi connectivity index (χ0) is 11.1. The molecule has 15 heavy (non-hydrogen) atoms. The van der Waals surface area contributed by atoms with Crippen LogP contribution in [0.3, 0.4) is 0 Å². The molecule has 0 unspecified atom stereocenters. The molecule has 1 saturated heterocycles. The molecule has 1 aliphatic heterocycles. The molecule has 0 aliphatic carbocycles. The predicted molar refractivity (Wildman–Crippen MR) is 61.9 cm³/mol. The highest BCUT2D eigenvalue weighted by Crippen LogP contribution is 2.01. The molecule has 4 nitrogen and oxygen atoms in total. The lowest BCUT2D eigenvalue weighted by molar-refractivity contribution is 0.217. The first-order valence-corrected chi connectivity index (χ1v) is 5.93. The molecule has 0 atom stereocenters. The topological polar surface area (TPSA) is 44.4 Å². The third-order valence-corrected chi connectivity index (χ3v) is 2.64. The Kier molecular flexibility index (Phi) is 5.47. The van der Waals surface area contributed by atoms with Crippen molar-refractivity contribution in [1.29, 1.82) is 0 Å². The second-order valence-electron chi connectivity index (χ2n) is 4.51. The van der Waals surface area contributed by atoms with Crippen LogP contribution in [0.4, 0.5) is 4.79 Å². The highest BCUT2D eigenvalue weighted by Gasteiger charge is 2.17. The number of nitrogens with one attached hydrogen (secondary N) is 2. The van der Waals surface area contributed by atoms with Gasteiger partial charge in [-0.3, -0.25) is 0 Å². The lowest BCUT2D eigenvalue weighted by Crippen LogP contribution is -2.34. The lowest BCUT2D eigenvalue weighted by Gasteiger charge is -2.14. The highest BCUT2D eigenvalue weighted by molar-refractivity contribution is 5.76. The second kappa shape index (κ2) is 6.67. The SMILES string of the molecule is CC(C)CCCNCCN1CCNC1=O. The number of carbonyl (C=O) groups is 1. The van der Waals surface area contributed by atoms with Crippen molar-refractivity contribution < 1.29 is 4.79 Å². The van der Waals surface area contributed by atoms with Gasteiger partial charge in [-0.25, -0.2) is 4.79 Å². The molecule has 88 valence electrons. The lowest BCUT2D eigenvalue weighted by atomic mass is 10.1.